The summed E-state index contributed by atoms with van der Waals surface area (Å²) in [4.78, 5) is 12.5. The second kappa shape index (κ2) is 9.15. The first-order valence-corrected chi connectivity index (χ1v) is 8.22. The predicted molar refractivity (Wildman–Crippen MR) is 94.1 cm³/mol. The highest BCUT2D eigenvalue weighted by molar-refractivity contribution is 5.17. The van der Waals surface area contributed by atoms with Crippen molar-refractivity contribution in [3.63, 3.8) is 0 Å². The van der Waals surface area contributed by atoms with E-state index in [-0.39, 0.29) is 6.04 Å². The lowest BCUT2D eigenvalue weighted by Gasteiger charge is -2.33. The molecule has 24 heavy (non-hydrogen) atoms. The topological polar surface area (TPSA) is 66.6 Å². The molecule has 0 fully saturated rings. The van der Waals surface area contributed by atoms with Crippen molar-refractivity contribution in [2.45, 2.75) is 38.6 Å². The molecule has 2 atom stereocenters. The van der Waals surface area contributed by atoms with E-state index in [4.69, 9.17) is 0 Å². The van der Waals surface area contributed by atoms with E-state index in [1.54, 1.807) is 0 Å². The number of hydrogen-bond donors (Lipinski definition) is 1. The molecule has 128 valence electrons. The molecule has 0 bridgehead atoms. The summed E-state index contributed by atoms with van der Waals surface area (Å²) in [5, 5.41) is 21.1. The van der Waals surface area contributed by atoms with E-state index in [0.717, 1.165) is 11.1 Å². The summed E-state index contributed by atoms with van der Waals surface area (Å²) in [6.07, 6.45) is -0.341. The number of nitrogens with zero attached hydrogens (tertiary/aromatic N) is 2. The maximum Gasteiger partial charge on any atom is 0.230 e. The monoisotopic (exact) mass is 328 g/mol. The predicted octanol–water partition coefficient (Wildman–Crippen LogP) is 3.11. The third kappa shape index (κ3) is 5.44. The summed E-state index contributed by atoms with van der Waals surface area (Å²) in [5.41, 5.74) is 2.25. The van der Waals surface area contributed by atoms with Gasteiger partial charge in [-0.3, -0.25) is 15.0 Å². The highest BCUT2D eigenvalue weighted by Gasteiger charge is 2.28. The number of aliphatic hydroxyl groups excluding tert-OH is 1. The van der Waals surface area contributed by atoms with Gasteiger partial charge in [0.2, 0.25) is 6.54 Å². The van der Waals surface area contributed by atoms with Gasteiger partial charge in [0.1, 0.15) is 6.10 Å². The Bertz CT molecular complexity index is 578. The van der Waals surface area contributed by atoms with E-state index >= 15 is 0 Å². The molecule has 0 saturated carbocycles. The number of benzene rings is 2. The number of rotatable bonds is 9. The Hall–Kier alpha value is -2.24. The van der Waals surface area contributed by atoms with Gasteiger partial charge in [-0.15, -0.1) is 0 Å². The Morgan fingerprint density at radius 3 is 1.83 bits per heavy atom. The molecule has 5 heteroatoms. The maximum atomic E-state index is 10.8. The van der Waals surface area contributed by atoms with Crippen molar-refractivity contribution in [2.75, 3.05) is 6.54 Å². The van der Waals surface area contributed by atoms with E-state index in [1.807, 2.05) is 67.6 Å². The largest absolute Gasteiger partial charge is 0.385 e. The summed E-state index contributed by atoms with van der Waals surface area (Å²) in [7, 11) is 0. The van der Waals surface area contributed by atoms with Crippen molar-refractivity contribution >= 4 is 0 Å². The van der Waals surface area contributed by atoms with Crippen molar-refractivity contribution in [3.8, 4) is 0 Å². The molecule has 0 saturated heterocycles. The van der Waals surface area contributed by atoms with Gasteiger partial charge in [-0.05, 0) is 17.5 Å². The molecular weight excluding hydrogens is 304 g/mol. The number of hydrogen-bond acceptors (Lipinski definition) is 4. The van der Waals surface area contributed by atoms with E-state index in [0.29, 0.717) is 19.5 Å². The molecule has 0 radical (unpaired) electrons. The van der Waals surface area contributed by atoms with Crippen LogP contribution in [-0.2, 0) is 13.1 Å². The molecule has 2 aromatic rings. The first kappa shape index (κ1) is 18.1. The van der Waals surface area contributed by atoms with E-state index in [9.17, 15) is 15.2 Å². The molecule has 0 amide bonds. The van der Waals surface area contributed by atoms with Crippen LogP contribution in [0.4, 0.5) is 0 Å². The summed E-state index contributed by atoms with van der Waals surface area (Å²) < 4.78 is 0. The van der Waals surface area contributed by atoms with Crippen LogP contribution in [-0.4, -0.2) is 33.6 Å². The first-order chi connectivity index (χ1) is 11.6. The smallest absolute Gasteiger partial charge is 0.230 e. The molecule has 1 N–H and O–H groups in total. The molecule has 0 aliphatic heterocycles. The molecule has 0 spiro atoms. The van der Waals surface area contributed by atoms with Gasteiger partial charge in [0.05, 0.1) is 0 Å². The lowest BCUT2D eigenvalue weighted by atomic mass is 10.0. The minimum absolute atomic E-state index is 0.268. The van der Waals surface area contributed by atoms with Crippen molar-refractivity contribution in [1.29, 1.82) is 0 Å². The van der Waals surface area contributed by atoms with E-state index < -0.39 is 17.6 Å². The Morgan fingerprint density at radius 2 is 1.46 bits per heavy atom. The Balaban J connectivity index is 2.20. The van der Waals surface area contributed by atoms with Crippen molar-refractivity contribution in [3.05, 3.63) is 81.9 Å². The van der Waals surface area contributed by atoms with Crippen LogP contribution in [0.5, 0.6) is 0 Å². The average molecular weight is 328 g/mol. The summed E-state index contributed by atoms with van der Waals surface area (Å²) in [6, 6.07) is 19.7. The van der Waals surface area contributed by atoms with Crippen LogP contribution in [0.15, 0.2) is 60.7 Å². The van der Waals surface area contributed by atoms with Gasteiger partial charge in [0.15, 0.2) is 0 Å². The fraction of sp³-hybridized carbons (Fsp3) is 0.368. The van der Waals surface area contributed by atoms with Crippen LogP contribution >= 0.6 is 0 Å². The SMILES string of the molecule is CC[C@@H]([C@H](O)C[N+](=O)[O-])N(Cc1ccccc1)Cc1ccccc1. The third-order valence-electron chi connectivity index (χ3n) is 4.12. The van der Waals surface area contributed by atoms with Crippen LogP contribution in [0.1, 0.15) is 24.5 Å². The van der Waals surface area contributed by atoms with Crippen LogP contribution in [0.3, 0.4) is 0 Å². The van der Waals surface area contributed by atoms with Crippen LogP contribution in [0, 0.1) is 10.1 Å². The molecule has 5 nitrogen and oxygen atoms in total. The maximum absolute atomic E-state index is 10.8. The van der Waals surface area contributed by atoms with E-state index in [1.165, 1.54) is 0 Å². The third-order valence-corrected chi connectivity index (χ3v) is 4.12. The lowest BCUT2D eigenvalue weighted by Crippen LogP contribution is -2.45. The molecular formula is C19H24N2O3. The second-order valence-electron chi connectivity index (χ2n) is 5.93. The van der Waals surface area contributed by atoms with Crippen LogP contribution in [0.2, 0.25) is 0 Å². The van der Waals surface area contributed by atoms with Gasteiger partial charge in [0.25, 0.3) is 0 Å². The first-order valence-electron chi connectivity index (χ1n) is 8.22. The fourth-order valence-corrected chi connectivity index (χ4v) is 2.97. The molecule has 0 aromatic heterocycles. The molecule has 0 aliphatic rings. The standard InChI is InChI=1S/C19H24N2O3/c1-2-18(19(22)15-21(23)24)20(13-16-9-5-3-6-10-16)14-17-11-7-4-8-12-17/h3-12,18-19,22H,2,13-15H2,1H3/t18-,19+/m0/s1. The highest BCUT2D eigenvalue weighted by atomic mass is 16.6. The summed E-state index contributed by atoms with van der Waals surface area (Å²) in [6.45, 7) is 2.81. The van der Waals surface area contributed by atoms with Gasteiger partial charge in [0, 0.05) is 24.1 Å². The average Bonchev–Trinajstić information content (AvgIpc) is 2.56. The fourth-order valence-electron chi connectivity index (χ4n) is 2.97. The normalized spacial score (nSPS) is 13.6. The van der Waals surface area contributed by atoms with Gasteiger partial charge in [-0.2, -0.15) is 0 Å². The molecule has 0 unspecified atom stereocenters. The minimum Gasteiger partial charge on any atom is -0.385 e. The van der Waals surface area contributed by atoms with Gasteiger partial charge < -0.3 is 5.11 Å². The minimum atomic E-state index is -0.988. The molecule has 0 heterocycles. The Kier molecular flexibility index (Phi) is 6.90. The lowest BCUT2D eigenvalue weighted by molar-refractivity contribution is -0.492. The highest BCUT2D eigenvalue weighted by Crippen LogP contribution is 2.18. The zero-order chi connectivity index (χ0) is 17.4. The Labute approximate surface area is 142 Å². The number of aliphatic hydroxyl groups is 1. The van der Waals surface area contributed by atoms with Gasteiger partial charge >= 0.3 is 0 Å². The zero-order valence-electron chi connectivity index (χ0n) is 13.9. The molecule has 2 rings (SSSR count). The Morgan fingerprint density at radius 1 is 1.00 bits per heavy atom. The zero-order valence-corrected chi connectivity index (χ0v) is 13.9. The summed E-state index contributed by atoms with van der Waals surface area (Å²) in [5.74, 6) is 0. The summed E-state index contributed by atoms with van der Waals surface area (Å²) >= 11 is 0. The van der Waals surface area contributed by atoms with E-state index in [2.05, 4.69) is 4.90 Å². The van der Waals surface area contributed by atoms with Gasteiger partial charge in [-0.25, -0.2) is 0 Å². The van der Waals surface area contributed by atoms with Crippen molar-refractivity contribution in [2.24, 2.45) is 0 Å². The van der Waals surface area contributed by atoms with Crippen molar-refractivity contribution < 1.29 is 10.0 Å². The van der Waals surface area contributed by atoms with Crippen molar-refractivity contribution in [1.82, 2.24) is 4.90 Å². The quantitative estimate of drug-likeness (QED) is 0.567. The van der Waals surface area contributed by atoms with Gasteiger partial charge in [-0.1, -0.05) is 67.6 Å². The van der Waals surface area contributed by atoms with Crippen LogP contribution in [0.25, 0.3) is 0 Å². The molecule has 2 aromatic carbocycles. The number of nitro groups is 1. The molecule has 0 aliphatic carbocycles. The van der Waals surface area contributed by atoms with Crippen LogP contribution < -0.4 is 0 Å². The second-order valence-corrected chi connectivity index (χ2v) is 5.93.